The zero-order valence-corrected chi connectivity index (χ0v) is 19.7. The van der Waals surface area contributed by atoms with Crippen molar-refractivity contribution in [1.82, 2.24) is 18.3 Å². The molecule has 2 heterocycles. The summed E-state index contributed by atoms with van der Waals surface area (Å²) in [5.41, 5.74) is 4.22. The highest BCUT2D eigenvalue weighted by molar-refractivity contribution is 7.89. The second kappa shape index (κ2) is 9.37. The summed E-state index contributed by atoms with van der Waals surface area (Å²) in [7, 11) is 1.77. The number of hydrogen-bond donors (Lipinski definition) is 1. The molecule has 0 spiro atoms. The van der Waals surface area contributed by atoms with Gasteiger partial charge < -0.3 is 15.2 Å². The summed E-state index contributed by atoms with van der Waals surface area (Å²) in [6, 6.07) is 4.38. The molecule has 1 aromatic heterocycles. The number of Topliss-reactive ketones (excluding diaryl/α,β-unsaturated/α-hetero) is 1. The monoisotopic (exact) mass is 481 g/mol. The van der Waals surface area contributed by atoms with E-state index >= 15 is 0 Å². The highest BCUT2D eigenvalue weighted by Gasteiger charge is 2.31. The molecule has 0 amide bonds. The molecule has 0 bridgehead atoms. The van der Waals surface area contributed by atoms with E-state index in [1.165, 1.54) is 50.8 Å². The Balaban J connectivity index is 1.73. The minimum atomic E-state index is -3.78. The first kappa shape index (κ1) is 24.5. The normalized spacial score (nSPS) is 15.4. The van der Waals surface area contributed by atoms with Crippen molar-refractivity contribution in [3.05, 3.63) is 44.6 Å². The molecule has 0 unspecified atom stereocenters. The molecule has 0 aliphatic carbocycles. The SMILES string of the molecule is COc1ccc(S(=O)(=O)N2CCN(CC(=O)c3c(N)n(C)c(=O)n(C)c3=O)CC2)cc1OC. The van der Waals surface area contributed by atoms with Gasteiger partial charge in [-0.25, -0.2) is 13.2 Å². The lowest BCUT2D eigenvalue weighted by Crippen LogP contribution is -2.50. The molecule has 2 aromatic rings. The smallest absolute Gasteiger partial charge is 0.332 e. The highest BCUT2D eigenvalue weighted by Crippen LogP contribution is 2.30. The Labute approximate surface area is 190 Å². The predicted octanol–water partition coefficient (Wildman–Crippen LogP) is -1.13. The number of anilines is 1. The average Bonchev–Trinajstić information content (AvgIpc) is 2.81. The van der Waals surface area contributed by atoms with Gasteiger partial charge >= 0.3 is 5.69 Å². The maximum atomic E-state index is 13.1. The van der Waals surface area contributed by atoms with Gasteiger partial charge in [0.05, 0.1) is 25.7 Å². The molecular weight excluding hydrogens is 454 g/mol. The Morgan fingerprint density at radius 2 is 1.61 bits per heavy atom. The summed E-state index contributed by atoms with van der Waals surface area (Å²) < 4.78 is 39.7. The van der Waals surface area contributed by atoms with Gasteiger partial charge in [-0.3, -0.25) is 23.6 Å². The van der Waals surface area contributed by atoms with Crippen LogP contribution < -0.4 is 26.5 Å². The molecule has 1 aromatic carbocycles. The summed E-state index contributed by atoms with van der Waals surface area (Å²) in [6.07, 6.45) is 0. The molecule has 180 valence electrons. The van der Waals surface area contributed by atoms with Gasteiger partial charge in [-0.15, -0.1) is 0 Å². The molecule has 13 heteroatoms. The number of methoxy groups -OCH3 is 2. The molecule has 2 N–H and O–H groups in total. The number of hydrogen-bond acceptors (Lipinski definition) is 9. The van der Waals surface area contributed by atoms with Crippen LogP contribution in [0.4, 0.5) is 5.82 Å². The molecule has 1 saturated heterocycles. The number of benzene rings is 1. The third kappa shape index (κ3) is 4.51. The maximum Gasteiger partial charge on any atom is 0.332 e. The Kier molecular flexibility index (Phi) is 6.95. The van der Waals surface area contributed by atoms with E-state index in [0.29, 0.717) is 11.5 Å². The zero-order chi connectivity index (χ0) is 24.5. The average molecular weight is 482 g/mol. The number of ether oxygens (including phenoxy) is 2. The molecule has 3 rings (SSSR count). The Bertz CT molecular complexity index is 1290. The van der Waals surface area contributed by atoms with Gasteiger partial charge in [0.15, 0.2) is 17.3 Å². The van der Waals surface area contributed by atoms with E-state index < -0.39 is 27.1 Å². The summed E-state index contributed by atoms with van der Waals surface area (Å²) in [6.45, 7) is 0.756. The van der Waals surface area contributed by atoms with E-state index in [9.17, 15) is 22.8 Å². The molecule has 0 radical (unpaired) electrons. The summed E-state index contributed by atoms with van der Waals surface area (Å²) >= 11 is 0. The Hall–Kier alpha value is -3.16. The van der Waals surface area contributed by atoms with Crippen LogP contribution in [-0.2, 0) is 24.1 Å². The van der Waals surface area contributed by atoms with Gasteiger partial charge in [0, 0.05) is 46.3 Å². The largest absolute Gasteiger partial charge is 0.493 e. The molecule has 1 aliphatic rings. The predicted molar refractivity (Wildman–Crippen MR) is 120 cm³/mol. The van der Waals surface area contributed by atoms with Crippen LogP contribution in [0.3, 0.4) is 0 Å². The number of rotatable bonds is 7. The number of carbonyl (C=O) groups is 1. The summed E-state index contributed by atoms with van der Waals surface area (Å²) in [4.78, 5) is 39.0. The number of nitrogen functional groups attached to an aromatic ring is 1. The Morgan fingerprint density at radius 3 is 2.18 bits per heavy atom. The van der Waals surface area contributed by atoms with Crippen LogP contribution in [0.25, 0.3) is 0 Å². The molecular formula is C20H27N5O7S. The lowest BCUT2D eigenvalue weighted by Gasteiger charge is -2.33. The van der Waals surface area contributed by atoms with E-state index in [0.717, 1.165) is 9.13 Å². The van der Waals surface area contributed by atoms with E-state index in [-0.39, 0.29) is 49.0 Å². The fourth-order valence-electron chi connectivity index (χ4n) is 3.66. The standard InChI is InChI=1S/C20H27N5O7S/c1-22-18(21)17(19(27)23(2)20(22)28)14(26)12-24-7-9-25(10-8-24)33(29,30)13-5-6-15(31-3)16(11-13)32-4/h5-6,11H,7-10,12,21H2,1-4H3. The molecule has 1 fully saturated rings. The highest BCUT2D eigenvalue weighted by atomic mass is 32.2. The van der Waals surface area contributed by atoms with Gasteiger partial charge in [-0.2, -0.15) is 4.31 Å². The minimum absolute atomic E-state index is 0.0751. The van der Waals surface area contributed by atoms with Crippen molar-refractivity contribution >= 4 is 21.6 Å². The molecule has 0 atom stereocenters. The number of nitrogens with two attached hydrogens (primary N) is 1. The summed E-state index contributed by atoms with van der Waals surface area (Å²) in [5.74, 6) is 0.00510. The van der Waals surface area contributed by atoms with Crippen LogP contribution in [0.1, 0.15) is 10.4 Å². The van der Waals surface area contributed by atoms with Gasteiger partial charge in [-0.05, 0) is 12.1 Å². The summed E-state index contributed by atoms with van der Waals surface area (Å²) in [5, 5.41) is 0. The van der Waals surface area contributed by atoms with Crippen molar-refractivity contribution in [2.45, 2.75) is 4.90 Å². The second-order valence-electron chi connectivity index (χ2n) is 7.59. The molecule has 12 nitrogen and oxygen atoms in total. The van der Waals surface area contributed by atoms with Crippen molar-refractivity contribution in [2.24, 2.45) is 14.1 Å². The van der Waals surface area contributed by atoms with Crippen LogP contribution in [0.15, 0.2) is 32.7 Å². The van der Waals surface area contributed by atoms with E-state index in [2.05, 4.69) is 0 Å². The number of aromatic nitrogens is 2. The first-order chi connectivity index (χ1) is 15.5. The Morgan fingerprint density at radius 1 is 1.00 bits per heavy atom. The van der Waals surface area contributed by atoms with E-state index in [1.54, 1.807) is 4.90 Å². The van der Waals surface area contributed by atoms with Crippen LogP contribution in [-0.4, -0.2) is 79.5 Å². The third-order valence-electron chi connectivity index (χ3n) is 5.68. The first-order valence-electron chi connectivity index (χ1n) is 10.1. The number of ketones is 1. The molecule has 1 aliphatic heterocycles. The quantitative estimate of drug-likeness (QED) is 0.486. The third-order valence-corrected chi connectivity index (χ3v) is 7.57. The van der Waals surface area contributed by atoms with Crippen molar-refractivity contribution in [1.29, 1.82) is 0 Å². The minimum Gasteiger partial charge on any atom is -0.493 e. The van der Waals surface area contributed by atoms with E-state index in [4.69, 9.17) is 15.2 Å². The molecule has 0 saturated carbocycles. The van der Waals surface area contributed by atoms with Gasteiger partial charge in [0.25, 0.3) is 5.56 Å². The van der Waals surface area contributed by atoms with E-state index in [1.807, 2.05) is 0 Å². The topological polar surface area (TPSA) is 146 Å². The lowest BCUT2D eigenvalue weighted by atomic mass is 10.1. The van der Waals surface area contributed by atoms with Crippen LogP contribution in [0, 0.1) is 0 Å². The lowest BCUT2D eigenvalue weighted by molar-refractivity contribution is 0.0899. The van der Waals surface area contributed by atoms with Crippen molar-refractivity contribution in [3.8, 4) is 11.5 Å². The van der Waals surface area contributed by atoms with Crippen LogP contribution in [0.2, 0.25) is 0 Å². The fourth-order valence-corrected chi connectivity index (χ4v) is 5.10. The number of piperazine rings is 1. The zero-order valence-electron chi connectivity index (χ0n) is 18.9. The number of carbonyl (C=O) groups excluding carboxylic acids is 1. The number of nitrogens with zero attached hydrogens (tertiary/aromatic N) is 4. The first-order valence-corrected chi connectivity index (χ1v) is 11.5. The van der Waals surface area contributed by atoms with Gasteiger partial charge in [0.1, 0.15) is 11.4 Å². The van der Waals surface area contributed by atoms with Crippen molar-refractivity contribution < 1.29 is 22.7 Å². The van der Waals surface area contributed by atoms with Gasteiger partial charge in [0.2, 0.25) is 10.0 Å². The van der Waals surface area contributed by atoms with Crippen molar-refractivity contribution in [3.63, 3.8) is 0 Å². The van der Waals surface area contributed by atoms with Crippen LogP contribution >= 0.6 is 0 Å². The van der Waals surface area contributed by atoms with Crippen LogP contribution in [0.5, 0.6) is 11.5 Å². The molecule has 33 heavy (non-hydrogen) atoms. The fraction of sp³-hybridized carbons (Fsp3) is 0.450. The maximum absolute atomic E-state index is 13.1. The van der Waals surface area contributed by atoms with Crippen molar-refractivity contribution in [2.75, 3.05) is 52.7 Å². The van der Waals surface area contributed by atoms with Gasteiger partial charge in [-0.1, -0.05) is 0 Å². The number of sulfonamides is 1. The second-order valence-corrected chi connectivity index (χ2v) is 9.52.